The summed E-state index contributed by atoms with van der Waals surface area (Å²) in [5.41, 5.74) is 6.43. The first-order valence-corrected chi connectivity index (χ1v) is 9.09. The summed E-state index contributed by atoms with van der Waals surface area (Å²) in [4.78, 5) is 12.0. The van der Waals surface area contributed by atoms with Crippen molar-refractivity contribution in [1.29, 1.82) is 0 Å². The molecule has 0 radical (unpaired) electrons. The first-order chi connectivity index (χ1) is 12.8. The van der Waals surface area contributed by atoms with Gasteiger partial charge in [-0.3, -0.25) is 4.79 Å². The molecule has 0 bridgehead atoms. The highest BCUT2D eigenvalue weighted by molar-refractivity contribution is 9.10. The Morgan fingerprint density at radius 3 is 2.52 bits per heavy atom. The van der Waals surface area contributed by atoms with Crippen molar-refractivity contribution in [2.24, 2.45) is 5.10 Å². The molecule has 0 unspecified atom stereocenters. The molecule has 144 valence electrons. The Morgan fingerprint density at radius 2 is 1.85 bits per heavy atom. The second kappa shape index (κ2) is 9.41. The fourth-order valence-electron chi connectivity index (χ4n) is 2.52. The molecule has 0 spiro atoms. The van der Waals surface area contributed by atoms with E-state index in [2.05, 4.69) is 32.5 Å². The summed E-state index contributed by atoms with van der Waals surface area (Å²) in [6, 6.07) is 7.56. The number of hydrazone groups is 1. The van der Waals surface area contributed by atoms with Crippen molar-refractivity contribution >= 4 is 28.1 Å². The SMILES string of the molecule is COc1cc(/C=N/NC(=O)COc2cc(C)cc(C)c2C)cc(Br)c1OC. The third-order valence-electron chi connectivity index (χ3n) is 3.98. The number of nitrogens with one attached hydrogen (secondary N) is 1. The molecule has 1 amide bonds. The zero-order chi connectivity index (χ0) is 20.0. The zero-order valence-electron chi connectivity index (χ0n) is 16.1. The van der Waals surface area contributed by atoms with Crippen molar-refractivity contribution < 1.29 is 19.0 Å². The molecule has 0 atom stereocenters. The van der Waals surface area contributed by atoms with Crippen molar-refractivity contribution in [3.63, 3.8) is 0 Å². The van der Waals surface area contributed by atoms with E-state index >= 15 is 0 Å². The van der Waals surface area contributed by atoms with Crippen LogP contribution < -0.4 is 19.6 Å². The van der Waals surface area contributed by atoms with Gasteiger partial charge in [-0.05, 0) is 77.2 Å². The summed E-state index contributed by atoms with van der Waals surface area (Å²) >= 11 is 3.41. The number of halogens is 1. The van der Waals surface area contributed by atoms with Crippen LogP contribution in [-0.2, 0) is 4.79 Å². The lowest BCUT2D eigenvalue weighted by atomic mass is 10.1. The van der Waals surface area contributed by atoms with E-state index in [1.807, 2.05) is 32.9 Å². The molecular weight excluding hydrogens is 412 g/mol. The lowest BCUT2D eigenvalue weighted by Gasteiger charge is -2.11. The molecule has 0 saturated carbocycles. The number of aryl methyl sites for hydroxylation is 2. The van der Waals surface area contributed by atoms with Crippen LogP contribution >= 0.6 is 15.9 Å². The summed E-state index contributed by atoms with van der Waals surface area (Å²) in [5, 5.41) is 3.96. The summed E-state index contributed by atoms with van der Waals surface area (Å²) in [6.45, 7) is 5.86. The molecule has 0 aliphatic rings. The lowest BCUT2D eigenvalue weighted by molar-refractivity contribution is -0.123. The number of carbonyl (C=O) groups excluding carboxylic acids is 1. The van der Waals surface area contributed by atoms with Crippen LogP contribution in [-0.4, -0.2) is 32.9 Å². The van der Waals surface area contributed by atoms with E-state index in [0.29, 0.717) is 17.2 Å². The van der Waals surface area contributed by atoms with E-state index < -0.39 is 0 Å². The van der Waals surface area contributed by atoms with Crippen molar-refractivity contribution in [2.75, 3.05) is 20.8 Å². The summed E-state index contributed by atoms with van der Waals surface area (Å²) in [6.07, 6.45) is 1.52. The van der Waals surface area contributed by atoms with Crippen molar-refractivity contribution in [3.8, 4) is 17.2 Å². The molecule has 0 heterocycles. The molecular formula is C20H23BrN2O4. The standard InChI is InChI=1S/C20H23BrN2O4/c1-12-6-13(2)14(3)17(7-12)27-11-19(24)23-22-10-15-8-16(21)20(26-5)18(9-15)25-4/h6-10H,11H2,1-5H3,(H,23,24)/b22-10+. The monoisotopic (exact) mass is 434 g/mol. The summed E-state index contributed by atoms with van der Waals surface area (Å²) in [7, 11) is 3.12. The van der Waals surface area contributed by atoms with Gasteiger partial charge in [0.2, 0.25) is 0 Å². The van der Waals surface area contributed by atoms with Crippen LogP contribution in [0.2, 0.25) is 0 Å². The number of rotatable bonds is 7. The Kier molecular flexibility index (Phi) is 7.24. The second-order valence-electron chi connectivity index (χ2n) is 6.03. The summed E-state index contributed by atoms with van der Waals surface area (Å²) in [5.74, 6) is 1.52. The Labute approximate surface area is 167 Å². The number of ether oxygens (including phenoxy) is 3. The molecule has 0 saturated heterocycles. The predicted octanol–water partition coefficient (Wildman–Crippen LogP) is 3.92. The van der Waals surface area contributed by atoms with Crippen LogP contribution in [0.1, 0.15) is 22.3 Å². The fraction of sp³-hybridized carbons (Fsp3) is 0.300. The number of hydrogen-bond acceptors (Lipinski definition) is 5. The largest absolute Gasteiger partial charge is 0.493 e. The number of amides is 1. The third kappa shape index (κ3) is 5.47. The van der Waals surface area contributed by atoms with Gasteiger partial charge in [0.1, 0.15) is 5.75 Å². The molecule has 1 N–H and O–H groups in total. The number of carbonyl (C=O) groups is 1. The van der Waals surface area contributed by atoms with Crippen LogP contribution in [0.15, 0.2) is 33.8 Å². The number of hydrogen-bond donors (Lipinski definition) is 1. The molecule has 27 heavy (non-hydrogen) atoms. The minimum absolute atomic E-state index is 0.114. The highest BCUT2D eigenvalue weighted by atomic mass is 79.9. The molecule has 7 heteroatoms. The van der Waals surface area contributed by atoms with Crippen molar-refractivity contribution in [2.45, 2.75) is 20.8 Å². The highest BCUT2D eigenvalue weighted by Crippen LogP contribution is 2.35. The minimum Gasteiger partial charge on any atom is -0.493 e. The van der Waals surface area contributed by atoms with Gasteiger partial charge in [0.05, 0.1) is 24.9 Å². The minimum atomic E-state index is -0.343. The van der Waals surface area contributed by atoms with Crippen LogP contribution in [0.3, 0.4) is 0 Å². The van der Waals surface area contributed by atoms with Gasteiger partial charge in [-0.2, -0.15) is 5.10 Å². The van der Waals surface area contributed by atoms with Crippen LogP contribution in [0.5, 0.6) is 17.2 Å². The van der Waals surface area contributed by atoms with Crippen molar-refractivity contribution in [1.82, 2.24) is 5.43 Å². The molecule has 2 rings (SSSR count). The first kappa shape index (κ1) is 20.8. The molecule has 2 aromatic carbocycles. The topological polar surface area (TPSA) is 69.2 Å². The maximum absolute atomic E-state index is 12.0. The van der Waals surface area contributed by atoms with E-state index in [4.69, 9.17) is 14.2 Å². The average Bonchev–Trinajstić information content (AvgIpc) is 2.62. The highest BCUT2D eigenvalue weighted by Gasteiger charge is 2.10. The second-order valence-corrected chi connectivity index (χ2v) is 6.88. The smallest absolute Gasteiger partial charge is 0.277 e. The van der Waals surface area contributed by atoms with Gasteiger partial charge in [-0.25, -0.2) is 5.43 Å². The molecule has 2 aromatic rings. The van der Waals surface area contributed by atoms with Crippen LogP contribution in [0.4, 0.5) is 0 Å². The Balaban J connectivity index is 1.97. The molecule has 0 aliphatic carbocycles. The number of nitrogens with zero attached hydrogens (tertiary/aromatic N) is 1. The third-order valence-corrected chi connectivity index (χ3v) is 4.57. The van der Waals surface area contributed by atoms with E-state index in [1.54, 1.807) is 20.3 Å². The van der Waals surface area contributed by atoms with Gasteiger partial charge in [-0.15, -0.1) is 0 Å². The Morgan fingerprint density at radius 1 is 1.11 bits per heavy atom. The quantitative estimate of drug-likeness (QED) is 0.529. The first-order valence-electron chi connectivity index (χ1n) is 8.29. The van der Waals surface area contributed by atoms with Gasteiger partial charge in [0, 0.05) is 0 Å². The van der Waals surface area contributed by atoms with Crippen molar-refractivity contribution in [3.05, 3.63) is 51.0 Å². The lowest BCUT2D eigenvalue weighted by Crippen LogP contribution is -2.24. The van der Waals surface area contributed by atoms with Gasteiger partial charge in [0.15, 0.2) is 18.1 Å². The Hall–Kier alpha value is -2.54. The summed E-state index contributed by atoms with van der Waals surface area (Å²) < 4.78 is 16.9. The van der Waals surface area contributed by atoms with Crippen LogP contribution in [0, 0.1) is 20.8 Å². The van der Waals surface area contributed by atoms with Gasteiger partial charge < -0.3 is 14.2 Å². The van der Waals surface area contributed by atoms with Crippen LogP contribution in [0.25, 0.3) is 0 Å². The molecule has 6 nitrogen and oxygen atoms in total. The molecule has 0 fully saturated rings. The predicted molar refractivity (Wildman–Crippen MR) is 109 cm³/mol. The zero-order valence-corrected chi connectivity index (χ0v) is 17.6. The number of methoxy groups -OCH3 is 2. The average molecular weight is 435 g/mol. The molecule has 0 aliphatic heterocycles. The van der Waals surface area contributed by atoms with E-state index in [-0.39, 0.29) is 12.5 Å². The van der Waals surface area contributed by atoms with E-state index in [0.717, 1.165) is 26.7 Å². The van der Waals surface area contributed by atoms with Gasteiger partial charge in [0.25, 0.3) is 5.91 Å². The van der Waals surface area contributed by atoms with Gasteiger partial charge in [-0.1, -0.05) is 6.07 Å². The normalized spacial score (nSPS) is 10.7. The fourth-order valence-corrected chi connectivity index (χ4v) is 3.14. The Bertz CT molecular complexity index is 866. The van der Waals surface area contributed by atoms with E-state index in [1.165, 1.54) is 6.21 Å². The van der Waals surface area contributed by atoms with E-state index in [9.17, 15) is 4.79 Å². The maximum Gasteiger partial charge on any atom is 0.277 e. The molecule has 0 aromatic heterocycles. The maximum atomic E-state index is 12.0. The number of benzene rings is 2. The van der Waals surface area contributed by atoms with Gasteiger partial charge >= 0.3 is 0 Å².